The van der Waals surface area contributed by atoms with Crippen LogP contribution in [0.15, 0.2) is 23.1 Å². The van der Waals surface area contributed by atoms with Gasteiger partial charge in [-0.3, -0.25) is 14.9 Å². The molecule has 1 aliphatic heterocycles. The van der Waals surface area contributed by atoms with Crippen LogP contribution in [0.4, 0.5) is 11.4 Å². The molecule has 9 nitrogen and oxygen atoms in total. The second kappa shape index (κ2) is 8.89. The highest BCUT2D eigenvalue weighted by Crippen LogP contribution is 2.36. The van der Waals surface area contributed by atoms with Gasteiger partial charge < -0.3 is 9.80 Å². The predicted molar refractivity (Wildman–Crippen MR) is 114 cm³/mol. The van der Waals surface area contributed by atoms with Crippen LogP contribution in [0.25, 0.3) is 0 Å². The van der Waals surface area contributed by atoms with Gasteiger partial charge in [-0.1, -0.05) is 6.92 Å². The molecule has 1 aliphatic carbocycles. The molecule has 1 saturated heterocycles. The van der Waals surface area contributed by atoms with Gasteiger partial charge in [-0.2, -0.15) is 0 Å². The Balaban J connectivity index is 1.88. The molecule has 1 unspecified atom stereocenters. The van der Waals surface area contributed by atoms with Crippen molar-refractivity contribution in [3.8, 4) is 0 Å². The molecule has 3 rings (SSSR count). The van der Waals surface area contributed by atoms with E-state index in [-0.39, 0.29) is 28.2 Å². The van der Waals surface area contributed by atoms with E-state index in [0.29, 0.717) is 18.9 Å². The fraction of sp³-hybridized carbons (Fsp3) is 0.650. The summed E-state index contributed by atoms with van der Waals surface area (Å²) in [5.74, 6) is 0.469. The smallest absolute Gasteiger partial charge is 0.293 e. The first kappa shape index (κ1) is 22.5. The summed E-state index contributed by atoms with van der Waals surface area (Å²) >= 11 is 0. The zero-order valence-electron chi connectivity index (χ0n) is 17.7. The van der Waals surface area contributed by atoms with E-state index in [1.165, 1.54) is 17.0 Å². The second-order valence-electron chi connectivity index (χ2n) is 8.57. The lowest BCUT2D eigenvalue weighted by atomic mass is 9.88. The van der Waals surface area contributed by atoms with E-state index in [2.05, 4.69) is 11.6 Å². The molecule has 0 aromatic heterocycles. The molecule has 30 heavy (non-hydrogen) atoms. The molecule has 2 aliphatic rings. The topological polar surface area (TPSA) is 113 Å². The molecule has 2 fully saturated rings. The van der Waals surface area contributed by atoms with Gasteiger partial charge >= 0.3 is 0 Å². The number of anilines is 1. The minimum Gasteiger partial charge on any atom is -0.354 e. The molecule has 166 valence electrons. The number of likely N-dealkylation sites (N-methyl/N-ethyl adjacent to an activating group) is 1. The van der Waals surface area contributed by atoms with Gasteiger partial charge in [-0.05, 0) is 56.6 Å². The number of sulfonamides is 1. The summed E-state index contributed by atoms with van der Waals surface area (Å²) < 4.78 is 28.4. The summed E-state index contributed by atoms with van der Waals surface area (Å²) in [6.07, 6.45) is 4.80. The van der Waals surface area contributed by atoms with Crippen molar-refractivity contribution in [2.75, 3.05) is 25.5 Å². The van der Waals surface area contributed by atoms with Crippen LogP contribution in [-0.4, -0.2) is 56.9 Å². The van der Waals surface area contributed by atoms with Crippen LogP contribution in [0.5, 0.6) is 0 Å². The molecule has 1 amide bonds. The van der Waals surface area contributed by atoms with Crippen LogP contribution < -0.4 is 9.62 Å². The van der Waals surface area contributed by atoms with Crippen LogP contribution in [0, 0.1) is 16.0 Å². The number of hydrogen-bond acceptors (Lipinski definition) is 6. The SMILES string of the molecule is CC1CCC(NS(=O)(=O)c2ccc(N3CCCC3C(=O)N(C)C)c([N+](=O)[O-])c2)CC1. The van der Waals surface area contributed by atoms with Crippen LogP contribution in [0.1, 0.15) is 45.4 Å². The van der Waals surface area contributed by atoms with Gasteiger partial charge in [0.1, 0.15) is 11.7 Å². The van der Waals surface area contributed by atoms with E-state index in [4.69, 9.17) is 0 Å². The number of hydrogen-bond donors (Lipinski definition) is 1. The number of nitrogens with one attached hydrogen (secondary N) is 1. The number of benzene rings is 1. The number of carbonyl (C=O) groups is 1. The fourth-order valence-corrected chi connectivity index (χ4v) is 5.66. The highest BCUT2D eigenvalue weighted by Gasteiger charge is 2.36. The third-order valence-corrected chi connectivity index (χ3v) is 7.60. The lowest BCUT2D eigenvalue weighted by molar-refractivity contribution is -0.384. The first-order valence-corrected chi connectivity index (χ1v) is 11.9. The largest absolute Gasteiger partial charge is 0.354 e. The minimum absolute atomic E-state index is 0.119. The highest BCUT2D eigenvalue weighted by molar-refractivity contribution is 7.89. The first-order chi connectivity index (χ1) is 14.1. The lowest BCUT2D eigenvalue weighted by Gasteiger charge is -2.28. The Morgan fingerprint density at radius 2 is 1.87 bits per heavy atom. The maximum absolute atomic E-state index is 12.8. The summed E-state index contributed by atoms with van der Waals surface area (Å²) in [4.78, 5) is 26.7. The molecule has 1 N–H and O–H groups in total. The van der Waals surface area contributed by atoms with Crippen molar-refractivity contribution >= 4 is 27.3 Å². The number of rotatable bonds is 6. The van der Waals surface area contributed by atoms with E-state index in [9.17, 15) is 23.3 Å². The zero-order chi connectivity index (χ0) is 22.1. The van der Waals surface area contributed by atoms with E-state index in [1.54, 1.807) is 19.0 Å². The number of carbonyl (C=O) groups excluding carboxylic acids is 1. The summed E-state index contributed by atoms with van der Waals surface area (Å²) in [5, 5.41) is 11.8. The molecule has 1 heterocycles. The highest BCUT2D eigenvalue weighted by atomic mass is 32.2. The second-order valence-corrected chi connectivity index (χ2v) is 10.3. The van der Waals surface area contributed by atoms with Crippen molar-refractivity contribution in [1.29, 1.82) is 0 Å². The van der Waals surface area contributed by atoms with E-state index in [0.717, 1.165) is 38.2 Å². The number of amides is 1. The van der Waals surface area contributed by atoms with Crippen molar-refractivity contribution in [2.45, 2.75) is 62.4 Å². The molecule has 0 spiro atoms. The Hall–Kier alpha value is -2.20. The summed E-state index contributed by atoms with van der Waals surface area (Å²) in [6, 6.07) is 3.33. The van der Waals surface area contributed by atoms with E-state index in [1.807, 2.05) is 0 Å². The number of nitrogens with zero attached hydrogens (tertiary/aromatic N) is 3. The average molecular weight is 439 g/mol. The Labute approximate surface area is 177 Å². The average Bonchev–Trinajstić information content (AvgIpc) is 3.17. The Kier molecular flexibility index (Phi) is 6.66. The summed E-state index contributed by atoms with van der Waals surface area (Å²) in [6.45, 7) is 2.66. The Morgan fingerprint density at radius 3 is 2.47 bits per heavy atom. The van der Waals surface area contributed by atoms with Crippen molar-refractivity contribution in [3.63, 3.8) is 0 Å². The number of nitro groups is 1. The lowest BCUT2D eigenvalue weighted by Crippen LogP contribution is -2.43. The van der Waals surface area contributed by atoms with Gasteiger partial charge in [0.15, 0.2) is 0 Å². The summed E-state index contributed by atoms with van der Waals surface area (Å²) in [7, 11) is -0.558. The Morgan fingerprint density at radius 1 is 1.20 bits per heavy atom. The van der Waals surface area contributed by atoms with Crippen LogP contribution in [-0.2, 0) is 14.8 Å². The Bertz CT molecular complexity index is 910. The van der Waals surface area contributed by atoms with Crippen molar-refractivity contribution < 1.29 is 18.1 Å². The molecule has 1 saturated carbocycles. The molecular formula is C20H30N4O5S. The molecular weight excluding hydrogens is 408 g/mol. The van der Waals surface area contributed by atoms with Gasteiger partial charge in [-0.25, -0.2) is 13.1 Å². The van der Waals surface area contributed by atoms with Gasteiger partial charge in [-0.15, -0.1) is 0 Å². The number of nitro benzene ring substituents is 1. The zero-order valence-corrected chi connectivity index (χ0v) is 18.5. The predicted octanol–water partition coefficient (Wildman–Crippen LogP) is 2.51. The summed E-state index contributed by atoms with van der Waals surface area (Å²) in [5.41, 5.74) is -0.0169. The third kappa shape index (κ3) is 4.75. The van der Waals surface area contributed by atoms with E-state index < -0.39 is 21.0 Å². The molecule has 1 aromatic carbocycles. The quantitative estimate of drug-likeness (QED) is 0.539. The molecule has 0 bridgehead atoms. The fourth-order valence-electron chi connectivity index (χ4n) is 4.33. The third-order valence-electron chi connectivity index (χ3n) is 6.08. The minimum atomic E-state index is -3.87. The normalized spacial score (nSPS) is 24.6. The van der Waals surface area contributed by atoms with Crippen LogP contribution in [0.3, 0.4) is 0 Å². The van der Waals surface area contributed by atoms with Gasteiger partial charge in [0.05, 0.1) is 9.82 Å². The molecule has 1 atom stereocenters. The van der Waals surface area contributed by atoms with Crippen molar-refractivity contribution in [2.24, 2.45) is 5.92 Å². The standard InChI is InChI=1S/C20H30N4O5S/c1-14-6-8-15(9-7-14)21-30(28,29)16-10-11-17(19(13-16)24(26)27)23-12-4-5-18(23)20(25)22(2)3/h10-11,13-15,18,21H,4-9,12H2,1-3H3. The van der Waals surface area contributed by atoms with Gasteiger partial charge in [0, 0.05) is 32.7 Å². The van der Waals surface area contributed by atoms with E-state index >= 15 is 0 Å². The molecule has 10 heteroatoms. The molecule has 0 radical (unpaired) electrons. The van der Waals surface area contributed by atoms with Gasteiger partial charge in [0.25, 0.3) is 5.69 Å². The van der Waals surface area contributed by atoms with Gasteiger partial charge in [0.2, 0.25) is 15.9 Å². The first-order valence-electron chi connectivity index (χ1n) is 10.4. The maximum atomic E-state index is 12.8. The molecule has 1 aromatic rings. The van der Waals surface area contributed by atoms with Crippen molar-refractivity contribution in [1.82, 2.24) is 9.62 Å². The maximum Gasteiger partial charge on any atom is 0.293 e. The van der Waals surface area contributed by atoms with Crippen molar-refractivity contribution in [3.05, 3.63) is 28.3 Å². The monoisotopic (exact) mass is 438 g/mol. The van der Waals surface area contributed by atoms with Crippen LogP contribution >= 0.6 is 0 Å². The van der Waals surface area contributed by atoms with Crippen LogP contribution in [0.2, 0.25) is 0 Å².